The molecule has 2 aliphatic rings. The average Bonchev–Trinajstić information content (AvgIpc) is 3.50. The molecule has 3 atom stereocenters. The molecule has 7 heteroatoms. The second-order valence-corrected chi connectivity index (χ2v) is 8.25. The van der Waals surface area contributed by atoms with Gasteiger partial charge in [0.1, 0.15) is 0 Å². The van der Waals surface area contributed by atoms with Gasteiger partial charge in [-0.25, -0.2) is 0 Å². The molecule has 1 N–H and O–H groups in total. The van der Waals surface area contributed by atoms with Crippen LogP contribution in [0.5, 0.6) is 0 Å². The molecule has 0 amide bonds. The molecule has 3 unspecified atom stereocenters. The summed E-state index contributed by atoms with van der Waals surface area (Å²) in [6.45, 7) is 3.73. The molecule has 30 heavy (non-hydrogen) atoms. The topological polar surface area (TPSA) is 55.2 Å². The Labute approximate surface area is 181 Å². The monoisotopic (exact) mass is 419 g/mol. The summed E-state index contributed by atoms with van der Waals surface area (Å²) >= 11 is 5.81. The summed E-state index contributed by atoms with van der Waals surface area (Å²) < 4.78 is 8.22. The number of aryl methyl sites for hydroxylation is 1. The van der Waals surface area contributed by atoms with Gasteiger partial charge < -0.3 is 19.5 Å². The number of aromatic nitrogens is 3. The van der Waals surface area contributed by atoms with Gasteiger partial charge >= 0.3 is 0 Å². The van der Waals surface area contributed by atoms with Crippen molar-refractivity contribution < 1.29 is 4.74 Å². The first-order valence-corrected chi connectivity index (χ1v) is 10.8. The Morgan fingerprint density at radius 2 is 2.10 bits per heavy atom. The van der Waals surface area contributed by atoms with Crippen LogP contribution in [0.3, 0.4) is 0 Å². The van der Waals surface area contributed by atoms with Crippen LogP contribution in [-0.2, 0) is 4.74 Å². The zero-order valence-electron chi connectivity index (χ0n) is 16.9. The van der Waals surface area contributed by atoms with Crippen LogP contribution >= 0.6 is 12.2 Å². The maximum Gasteiger partial charge on any atom is 0.170 e. The fourth-order valence-corrected chi connectivity index (χ4v) is 4.87. The minimum atomic E-state index is -0.0372. The van der Waals surface area contributed by atoms with Gasteiger partial charge in [0.15, 0.2) is 5.11 Å². The Morgan fingerprint density at radius 3 is 2.83 bits per heavy atom. The minimum absolute atomic E-state index is 0.00510. The van der Waals surface area contributed by atoms with Gasteiger partial charge in [0, 0.05) is 36.9 Å². The standard InChI is InChI=1S/C23H25N5OS/c1-16-9-10-20(28(16)17-6-4-11-24-14-17)22-21(19-8-2-3-12-25-19)26-23(30)27(22)15-18-7-5-13-29-18/h2-4,6,8-12,14,18,21-22H,5,7,13,15H2,1H3,(H,26,30). The number of hydrogen-bond donors (Lipinski definition) is 1. The van der Waals surface area contributed by atoms with Gasteiger partial charge in [0.05, 0.1) is 35.8 Å². The van der Waals surface area contributed by atoms with E-state index in [9.17, 15) is 0 Å². The van der Waals surface area contributed by atoms with Gasteiger partial charge in [-0.15, -0.1) is 0 Å². The first-order chi connectivity index (χ1) is 14.7. The third kappa shape index (κ3) is 3.48. The van der Waals surface area contributed by atoms with Gasteiger partial charge in [0.2, 0.25) is 0 Å². The molecule has 0 bridgehead atoms. The van der Waals surface area contributed by atoms with Crippen molar-refractivity contribution in [2.45, 2.75) is 38.0 Å². The summed E-state index contributed by atoms with van der Waals surface area (Å²) in [5.41, 5.74) is 4.36. The highest BCUT2D eigenvalue weighted by atomic mass is 32.1. The van der Waals surface area contributed by atoms with Crippen molar-refractivity contribution in [1.29, 1.82) is 0 Å². The highest BCUT2D eigenvalue weighted by Crippen LogP contribution is 2.40. The molecule has 2 saturated heterocycles. The fourth-order valence-electron chi connectivity index (χ4n) is 4.56. The molecular formula is C23H25N5OS. The van der Waals surface area contributed by atoms with E-state index >= 15 is 0 Å². The Kier molecular flexibility index (Phi) is 5.23. The van der Waals surface area contributed by atoms with E-state index in [1.54, 1.807) is 6.20 Å². The molecule has 5 rings (SSSR count). The predicted octanol–water partition coefficient (Wildman–Crippen LogP) is 3.73. The zero-order chi connectivity index (χ0) is 20.5. The first kappa shape index (κ1) is 19.2. The van der Waals surface area contributed by atoms with Gasteiger partial charge in [-0.05, 0) is 68.4 Å². The Balaban J connectivity index is 1.60. The highest BCUT2D eigenvalue weighted by molar-refractivity contribution is 7.80. The van der Waals surface area contributed by atoms with Crippen molar-refractivity contribution in [1.82, 2.24) is 24.8 Å². The molecule has 0 aromatic carbocycles. The smallest absolute Gasteiger partial charge is 0.170 e. The molecule has 3 aromatic heterocycles. The summed E-state index contributed by atoms with van der Waals surface area (Å²) in [6.07, 6.45) is 7.93. The lowest BCUT2D eigenvalue weighted by molar-refractivity contribution is 0.0836. The van der Waals surface area contributed by atoms with Crippen LogP contribution in [0.15, 0.2) is 61.1 Å². The predicted molar refractivity (Wildman–Crippen MR) is 119 cm³/mol. The second-order valence-electron chi connectivity index (χ2n) is 7.86. The quantitative estimate of drug-likeness (QED) is 0.636. The van der Waals surface area contributed by atoms with Crippen LogP contribution in [0.25, 0.3) is 5.69 Å². The molecule has 0 spiro atoms. The van der Waals surface area contributed by atoms with E-state index < -0.39 is 0 Å². The molecule has 0 radical (unpaired) electrons. The number of nitrogens with one attached hydrogen (secondary N) is 1. The largest absolute Gasteiger partial charge is 0.376 e. The summed E-state index contributed by atoms with van der Waals surface area (Å²) in [7, 11) is 0. The SMILES string of the molecule is Cc1ccc(C2C(c3ccccn3)NC(=S)N2CC2CCCO2)n1-c1cccnc1. The van der Waals surface area contributed by atoms with Crippen molar-refractivity contribution >= 4 is 17.3 Å². The molecule has 0 saturated carbocycles. The lowest BCUT2D eigenvalue weighted by Gasteiger charge is -2.30. The third-order valence-corrected chi connectivity index (χ3v) is 6.29. The summed E-state index contributed by atoms with van der Waals surface area (Å²) in [6, 6.07) is 14.4. The number of thiocarbonyl (C=S) groups is 1. The van der Waals surface area contributed by atoms with Crippen LogP contribution in [0.2, 0.25) is 0 Å². The van der Waals surface area contributed by atoms with E-state index in [1.807, 2.05) is 30.6 Å². The Morgan fingerprint density at radius 1 is 1.17 bits per heavy atom. The zero-order valence-corrected chi connectivity index (χ0v) is 17.8. The molecule has 2 aliphatic heterocycles. The van der Waals surface area contributed by atoms with Crippen molar-refractivity contribution in [2.75, 3.05) is 13.2 Å². The number of ether oxygens (including phenoxy) is 1. The van der Waals surface area contributed by atoms with Crippen LogP contribution in [0.1, 0.15) is 42.0 Å². The van der Waals surface area contributed by atoms with Crippen LogP contribution < -0.4 is 5.32 Å². The molecule has 6 nitrogen and oxygen atoms in total. The summed E-state index contributed by atoms with van der Waals surface area (Å²) in [4.78, 5) is 11.3. The highest BCUT2D eigenvalue weighted by Gasteiger charge is 2.42. The molecule has 5 heterocycles. The Bertz CT molecular complexity index is 1020. The van der Waals surface area contributed by atoms with Crippen LogP contribution in [0.4, 0.5) is 0 Å². The van der Waals surface area contributed by atoms with E-state index in [4.69, 9.17) is 17.0 Å². The lowest BCUT2D eigenvalue weighted by atomic mass is 10.0. The van der Waals surface area contributed by atoms with Gasteiger partial charge in [-0.1, -0.05) is 6.07 Å². The lowest BCUT2D eigenvalue weighted by Crippen LogP contribution is -2.36. The number of pyridine rings is 2. The Hall–Kier alpha value is -2.77. The number of rotatable bonds is 5. The van der Waals surface area contributed by atoms with E-state index in [0.29, 0.717) is 0 Å². The summed E-state index contributed by atoms with van der Waals surface area (Å²) in [5.74, 6) is 0. The number of nitrogens with zero attached hydrogens (tertiary/aromatic N) is 4. The van der Waals surface area contributed by atoms with Crippen molar-refractivity contribution in [3.8, 4) is 5.69 Å². The molecule has 154 valence electrons. The average molecular weight is 420 g/mol. The van der Waals surface area contributed by atoms with Crippen molar-refractivity contribution in [3.63, 3.8) is 0 Å². The first-order valence-electron chi connectivity index (χ1n) is 10.4. The minimum Gasteiger partial charge on any atom is -0.376 e. The van der Waals surface area contributed by atoms with E-state index in [2.05, 4.69) is 55.9 Å². The van der Waals surface area contributed by atoms with Crippen LogP contribution in [-0.4, -0.2) is 43.8 Å². The van der Waals surface area contributed by atoms with Crippen molar-refractivity contribution in [2.24, 2.45) is 0 Å². The van der Waals surface area contributed by atoms with E-state index in [1.165, 1.54) is 5.69 Å². The van der Waals surface area contributed by atoms with Gasteiger partial charge in [-0.2, -0.15) is 0 Å². The van der Waals surface area contributed by atoms with E-state index in [-0.39, 0.29) is 18.2 Å². The summed E-state index contributed by atoms with van der Waals surface area (Å²) in [5, 5.41) is 4.29. The molecule has 2 fully saturated rings. The maximum absolute atomic E-state index is 5.95. The molecule has 0 aliphatic carbocycles. The third-order valence-electron chi connectivity index (χ3n) is 5.94. The van der Waals surface area contributed by atoms with E-state index in [0.717, 1.165) is 48.2 Å². The normalized spacial score (nSPS) is 23.7. The van der Waals surface area contributed by atoms with Gasteiger partial charge in [-0.3, -0.25) is 9.97 Å². The molecular weight excluding hydrogens is 394 g/mol. The van der Waals surface area contributed by atoms with Gasteiger partial charge in [0.25, 0.3) is 0 Å². The number of hydrogen-bond acceptors (Lipinski definition) is 4. The second kappa shape index (κ2) is 8.16. The fraction of sp³-hybridized carbons (Fsp3) is 0.348. The van der Waals surface area contributed by atoms with Crippen LogP contribution in [0, 0.1) is 6.92 Å². The molecule has 3 aromatic rings. The van der Waals surface area contributed by atoms with Crippen molar-refractivity contribution in [3.05, 3.63) is 78.1 Å². The maximum atomic E-state index is 5.95.